The lowest BCUT2D eigenvalue weighted by atomic mass is 10.1. The highest BCUT2D eigenvalue weighted by Gasteiger charge is 2.28. The fourth-order valence-corrected chi connectivity index (χ4v) is 5.64. The predicted octanol–water partition coefficient (Wildman–Crippen LogP) is 3.14. The van der Waals surface area contributed by atoms with Crippen LogP contribution < -0.4 is 10.1 Å². The summed E-state index contributed by atoms with van der Waals surface area (Å²) in [6, 6.07) is 7.60. The second kappa shape index (κ2) is 9.69. The number of hydrogen-bond acceptors (Lipinski definition) is 6. The van der Waals surface area contributed by atoms with E-state index in [4.69, 9.17) is 4.74 Å². The molecule has 1 fully saturated rings. The molecule has 29 heavy (non-hydrogen) atoms. The molecule has 0 saturated carbocycles. The number of thiazole rings is 1. The molecule has 0 bridgehead atoms. The molecule has 2 heterocycles. The number of carbonyl (C=O) groups excluding carboxylic acids is 1. The van der Waals surface area contributed by atoms with Gasteiger partial charge in [0.1, 0.15) is 16.5 Å². The zero-order valence-electron chi connectivity index (χ0n) is 16.8. The molecule has 0 unspecified atom stereocenters. The van der Waals surface area contributed by atoms with Gasteiger partial charge in [-0.2, -0.15) is 0 Å². The molecule has 1 aliphatic rings. The van der Waals surface area contributed by atoms with Crippen LogP contribution in [0.15, 0.2) is 29.6 Å². The first-order valence-electron chi connectivity index (χ1n) is 9.90. The number of aromatic nitrogens is 1. The Labute approximate surface area is 176 Å². The molecule has 1 aromatic heterocycles. The molecule has 9 heteroatoms. The molecule has 1 aromatic carbocycles. The number of piperidine rings is 1. The molecule has 1 saturated heterocycles. The Bertz CT molecular complexity index is 917. The van der Waals surface area contributed by atoms with Crippen molar-refractivity contribution in [2.45, 2.75) is 39.2 Å². The van der Waals surface area contributed by atoms with Crippen molar-refractivity contribution in [2.24, 2.45) is 0 Å². The fraction of sp³-hybridized carbons (Fsp3) is 0.500. The molecular formula is C20H27N3O4S2. The number of carbonyl (C=O) groups is 1. The van der Waals surface area contributed by atoms with Crippen LogP contribution >= 0.6 is 11.3 Å². The highest BCUT2D eigenvalue weighted by molar-refractivity contribution is 7.89. The van der Waals surface area contributed by atoms with Crippen molar-refractivity contribution < 1.29 is 17.9 Å². The molecule has 0 spiro atoms. The number of sulfonamides is 1. The number of nitrogens with one attached hydrogen (secondary N) is 1. The van der Waals surface area contributed by atoms with Crippen LogP contribution in [0.25, 0.3) is 10.6 Å². The first-order valence-corrected chi connectivity index (χ1v) is 12.4. The maximum atomic E-state index is 12.6. The highest BCUT2D eigenvalue weighted by Crippen LogP contribution is 2.26. The summed E-state index contributed by atoms with van der Waals surface area (Å²) in [4.78, 5) is 17.0. The summed E-state index contributed by atoms with van der Waals surface area (Å²) in [6.07, 6.45) is 1.84. The van der Waals surface area contributed by atoms with Crippen LogP contribution in [0.5, 0.6) is 5.75 Å². The van der Waals surface area contributed by atoms with Crippen LogP contribution in [0.1, 0.15) is 43.6 Å². The van der Waals surface area contributed by atoms with Crippen molar-refractivity contribution in [1.29, 1.82) is 0 Å². The SMILES string of the molecule is CCCS(=O)(=O)N1CCC(NC(=O)c2csc(-c3ccc(OCC)cc3)n2)CC1. The number of rotatable bonds is 8. The molecule has 158 valence electrons. The minimum absolute atomic E-state index is 0.0359. The third-order valence-electron chi connectivity index (χ3n) is 4.79. The van der Waals surface area contributed by atoms with Crippen molar-refractivity contribution in [3.8, 4) is 16.3 Å². The standard InChI is InChI=1S/C20H27N3O4S2/c1-3-13-29(25,26)23-11-9-16(10-12-23)21-19(24)18-14-28-20(22-18)15-5-7-17(8-6-15)27-4-2/h5-8,14,16H,3-4,9-13H2,1-2H3,(H,21,24). The Morgan fingerprint density at radius 1 is 1.24 bits per heavy atom. The first-order chi connectivity index (χ1) is 13.9. The third-order valence-corrected chi connectivity index (χ3v) is 7.76. The molecule has 1 aliphatic heterocycles. The van der Waals surface area contributed by atoms with E-state index in [0.29, 0.717) is 44.7 Å². The van der Waals surface area contributed by atoms with Crippen LogP contribution in [0, 0.1) is 0 Å². The first kappa shape index (κ1) is 21.7. The number of ether oxygens (including phenoxy) is 1. The quantitative estimate of drug-likeness (QED) is 0.685. The van der Waals surface area contributed by atoms with Crippen molar-refractivity contribution >= 4 is 27.3 Å². The minimum atomic E-state index is -3.17. The normalized spacial score (nSPS) is 15.9. The Kier molecular flexibility index (Phi) is 7.26. The van der Waals surface area contributed by atoms with Crippen LogP contribution in [0.2, 0.25) is 0 Å². The molecule has 0 radical (unpaired) electrons. The van der Waals surface area contributed by atoms with Gasteiger partial charge in [-0.1, -0.05) is 6.92 Å². The van der Waals surface area contributed by atoms with Crippen LogP contribution in [-0.2, 0) is 10.0 Å². The second-order valence-electron chi connectivity index (χ2n) is 6.96. The van der Waals surface area contributed by atoms with Gasteiger partial charge in [0.2, 0.25) is 10.0 Å². The largest absolute Gasteiger partial charge is 0.494 e. The average molecular weight is 438 g/mol. The maximum Gasteiger partial charge on any atom is 0.270 e. The van der Waals surface area contributed by atoms with E-state index >= 15 is 0 Å². The van der Waals surface area contributed by atoms with Gasteiger partial charge in [0.05, 0.1) is 12.4 Å². The lowest BCUT2D eigenvalue weighted by molar-refractivity contribution is 0.0919. The van der Waals surface area contributed by atoms with E-state index in [1.165, 1.54) is 15.6 Å². The zero-order valence-corrected chi connectivity index (χ0v) is 18.4. The summed E-state index contributed by atoms with van der Waals surface area (Å²) in [7, 11) is -3.17. The van der Waals surface area contributed by atoms with Gasteiger partial charge >= 0.3 is 0 Å². The van der Waals surface area contributed by atoms with E-state index in [9.17, 15) is 13.2 Å². The van der Waals surface area contributed by atoms with Gasteiger partial charge in [0.25, 0.3) is 5.91 Å². The fourth-order valence-electron chi connectivity index (χ4n) is 3.30. The minimum Gasteiger partial charge on any atom is -0.494 e. The third kappa shape index (κ3) is 5.55. The van der Waals surface area contributed by atoms with Gasteiger partial charge in [0.15, 0.2) is 0 Å². The summed E-state index contributed by atoms with van der Waals surface area (Å²) in [5, 5.41) is 5.52. The molecule has 3 rings (SSSR count). The average Bonchev–Trinajstić information content (AvgIpc) is 3.20. The molecular weight excluding hydrogens is 410 g/mol. The zero-order chi connectivity index (χ0) is 20.9. The molecule has 1 amide bonds. The Balaban J connectivity index is 1.56. The van der Waals surface area contributed by atoms with Crippen molar-refractivity contribution in [3.05, 3.63) is 35.3 Å². The lowest BCUT2D eigenvalue weighted by Gasteiger charge is -2.31. The molecule has 7 nitrogen and oxygen atoms in total. The van der Waals surface area contributed by atoms with Crippen molar-refractivity contribution in [3.63, 3.8) is 0 Å². The van der Waals surface area contributed by atoms with E-state index in [1.54, 1.807) is 5.38 Å². The van der Waals surface area contributed by atoms with Gasteiger partial charge < -0.3 is 10.1 Å². The summed E-state index contributed by atoms with van der Waals surface area (Å²) in [6.45, 7) is 5.31. The molecule has 2 aromatic rings. The van der Waals surface area contributed by atoms with Crippen LogP contribution in [-0.4, -0.2) is 55.1 Å². The number of amides is 1. The van der Waals surface area contributed by atoms with Crippen molar-refractivity contribution in [2.75, 3.05) is 25.4 Å². The van der Waals surface area contributed by atoms with Gasteiger partial charge in [-0.05, 0) is 50.5 Å². The number of hydrogen-bond donors (Lipinski definition) is 1. The summed E-state index contributed by atoms with van der Waals surface area (Å²) < 4.78 is 31.3. The van der Waals surface area contributed by atoms with Crippen molar-refractivity contribution in [1.82, 2.24) is 14.6 Å². The van der Waals surface area contributed by atoms with E-state index in [-0.39, 0.29) is 17.7 Å². The van der Waals surface area contributed by atoms with Gasteiger partial charge in [-0.25, -0.2) is 17.7 Å². The Hall–Kier alpha value is -1.97. The molecule has 0 aliphatic carbocycles. The van der Waals surface area contributed by atoms with Crippen LogP contribution in [0.4, 0.5) is 0 Å². The summed E-state index contributed by atoms with van der Waals surface area (Å²) in [5.74, 6) is 0.767. The van der Waals surface area contributed by atoms with Gasteiger partial charge in [0, 0.05) is 30.1 Å². The van der Waals surface area contributed by atoms with E-state index in [0.717, 1.165) is 16.3 Å². The number of nitrogens with zero attached hydrogens (tertiary/aromatic N) is 2. The monoisotopic (exact) mass is 437 g/mol. The van der Waals surface area contributed by atoms with E-state index in [2.05, 4.69) is 10.3 Å². The second-order valence-corrected chi connectivity index (χ2v) is 9.90. The molecule has 1 N–H and O–H groups in total. The van der Waals surface area contributed by atoms with E-state index < -0.39 is 10.0 Å². The van der Waals surface area contributed by atoms with E-state index in [1.807, 2.05) is 38.1 Å². The predicted molar refractivity (Wildman–Crippen MR) is 115 cm³/mol. The Morgan fingerprint density at radius 3 is 2.55 bits per heavy atom. The smallest absolute Gasteiger partial charge is 0.270 e. The summed E-state index contributed by atoms with van der Waals surface area (Å²) >= 11 is 1.42. The highest BCUT2D eigenvalue weighted by atomic mass is 32.2. The van der Waals surface area contributed by atoms with Crippen LogP contribution in [0.3, 0.4) is 0 Å². The Morgan fingerprint density at radius 2 is 1.93 bits per heavy atom. The topological polar surface area (TPSA) is 88.6 Å². The van der Waals surface area contributed by atoms with Gasteiger partial charge in [-0.15, -0.1) is 11.3 Å². The molecule has 0 atom stereocenters. The lowest BCUT2D eigenvalue weighted by Crippen LogP contribution is -2.47. The number of benzene rings is 1. The van der Waals surface area contributed by atoms with Gasteiger partial charge in [-0.3, -0.25) is 4.79 Å². The maximum absolute atomic E-state index is 12.6. The summed E-state index contributed by atoms with van der Waals surface area (Å²) in [5.41, 5.74) is 1.33.